The van der Waals surface area contributed by atoms with E-state index in [0.717, 1.165) is 35.5 Å². The summed E-state index contributed by atoms with van der Waals surface area (Å²) < 4.78 is 7.01. The zero-order valence-corrected chi connectivity index (χ0v) is 20.1. The highest BCUT2D eigenvalue weighted by Gasteiger charge is 2.29. The number of thioether (sulfide) groups is 1. The van der Waals surface area contributed by atoms with Gasteiger partial charge in [-0.3, -0.25) is 4.79 Å². The highest BCUT2D eigenvalue weighted by atomic mass is 32.2. The zero-order valence-electron chi connectivity index (χ0n) is 17.6. The van der Waals surface area contributed by atoms with Crippen LogP contribution in [0.15, 0.2) is 22.7 Å². The van der Waals surface area contributed by atoms with Crippen molar-refractivity contribution in [3.63, 3.8) is 0 Å². The van der Waals surface area contributed by atoms with Crippen molar-refractivity contribution in [2.24, 2.45) is 5.92 Å². The highest BCUT2D eigenvalue weighted by molar-refractivity contribution is 7.99. The highest BCUT2D eigenvalue weighted by Crippen LogP contribution is 2.40. The van der Waals surface area contributed by atoms with Crippen LogP contribution >= 0.6 is 34.4 Å². The second-order valence-corrected chi connectivity index (χ2v) is 10.4. The first-order valence-corrected chi connectivity index (χ1v) is 12.8. The Labute approximate surface area is 193 Å². The van der Waals surface area contributed by atoms with Gasteiger partial charge in [0.1, 0.15) is 5.00 Å². The third-order valence-electron chi connectivity index (χ3n) is 5.26. The number of fused-ring (bicyclic) bond motifs is 1. The van der Waals surface area contributed by atoms with E-state index in [-0.39, 0.29) is 17.6 Å². The van der Waals surface area contributed by atoms with Gasteiger partial charge in [-0.15, -0.1) is 32.9 Å². The molecule has 164 valence electrons. The molecule has 3 heterocycles. The summed E-state index contributed by atoms with van der Waals surface area (Å²) in [4.78, 5) is 27.4. The van der Waals surface area contributed by atoms with E-state index in [1.54, 1.807) is 11.3 Å². The van der Waals surface area contributed by atoms with E-state index >= 15 is 0 Å². The molecule has 7 nitrogen and oxygen atoms in total. The van der Waals surface area contributed by atoms with Gasteiger partial charge in [0.05, 0.1) is 23.3 Å². The number of amides is 1. The van der Waals surface area contributed by atoms with E-state index in [2.05, 4.69) is 22.4 Å². The predicted octanol–water partition coefficient (Wildman–Crippen LogP) is 4.73. The third-order valence-corrected chi connectivity index (χ3v) is 8.26. The minimum Gasteiger partial charge on any atom is -0.465 e. The minimum absolute atomic E-state index is 0.176. The summed E-state index contributed by atoms with van der Waals surface area (Å²) in [6, 6.07) is 3.99. The van der Waals surface area contributed by atoms with Crippen LogP contribution in [0.5, 0.6) is 0 Å². The molecule has 0 spiro atoms. The molecule has 1 amide bonds. The van der Waals surface area contributed by atoms with Crippen molar-refractivity contribution in [3.05, 3.63) is 33.5 Å². The van der Waals surface area contributed by atoms with Crippen molar-refractivity contribution in [2.45, 2.75) is 44.8 Å². The third kappa shape index (κ3) is 4.56. The number of methoxy groups -OCH3 is 1. The smallest absolute Gasteiger partial charge is 0.341 e. The number of carbonyl (C=O) groups excluding carboxylic acids is 2. The van der Waals surface area contributed by atoms with E-state index in [9.17, 15) is 9.59 Å². The monoisotopic (exact) mass is 476 g/mol. The first-order valence-electron chi connectivity index (χ1n) is 10.1. The molecular weight excluding hydrogens is 452 g/mol. The number of hydrogen-bond acceptors (Lipinski definition) is 8. The number of nitrogens with zero attached hydrogens (tertiary/aromatic N) is 3. The van der Waals surface area contributed by atoms with Crippen LogP contribution in [0, 0.1) is 5.92 Å². The number of ether oxygens (including phenoxy) is 1. The van der Waals surface area contributed by atoms with Gasteiger partial charge < -0.3 is 14.6 Å². The van der Waals surface area contributed by atoms with E-state index in [1.807, 2.05) is 29.0 Å². The molecule has 0 saturated carbocycles. The molecule has 10 heteroatoms. The lowest BCUT2D eigenvalue weighted by atomic mass is 9.88. The quantitative estimate of drug-likeness (QED) is 0.392. The summed E-state index contributed by atoms with van der Waals surface area (Å²) in [5, 5.41) is 14.8. The lowest BCUT2D eigenvalue weighted by molar-refractivity contribution is -0.113. The van der Waals surface area contributed by atoms with Crippen LogP contribution in [-0.4, -0.2) is 39.5 Å². The van der Waals surface area contributed by atoms with Crippen LogP contribution in [-0.2, 0) is 28.9 Å². The first kappa shape index (κ1) is 22.0. The Kier molecular flexibility index (Phi) is 6.78. The topological polar surface area (TPSA) is 86.1 Å². The van der Waals surface area contributed by atoms with Gasteiger partial charge in [0.2, 0.25) is 5.91 Å². The van der Waals surface area contributed by atoms with Crippen molar-refractivity contribution in [1.82, 2.24) is 14.8 Å². The van der Waals surface area contributed by atoms with E-state index in [0.29, 0.717) is 28.2 Å². The summed E-state index contributed by atoms with van der Waals surface area (Å²) >= 11 is 4.45. The molecule has 0 radical (unpaired) electrons. The Morgan fingerprint density at radius 1 is 1.39 bits per heavy atom. The number of aromatic nitrogens is 3. The summed E-state index contributed by atoms with van der Waals surface area (Å²) in [5.41, 5.74) is 1.55. The van der Waals surface area contributed by atoms with E-state index in [4.69, 9.17) is 4.74 Å². The fourth-order valence-electron chi connectivity index (χ4n) is 3.72. The van der Waals surface area contributed by atoms with E-state index < -0.39 is 0 Å². The molecule has 31 heavy (non-hydrogen) atoms. The average molecular weight is 477 g/mol. The normalized spacial score (nSPS) is 15.5. The summed E-state index contributed by atoms with van der Waals surface area (Å²) in [6.45, 7) is 4.96. The molecule has 1 atom stereocenters. The average Bonchev–Trinajstić information content (AvgIpc) is 3.49. The van der Waals surface area contributed by atoms with Gasteiger partial charge in [-0.2, -0.15) is 0 Å². The fraction of sp³-hybridized carbons (Fsp3) is 0.429. The molecule has 0 saturated heterocycles. The molecule has 0 fully saturated rings. The Hall–Kier alpha value is -2.17. The molecule has 1 unspecified atom stereocenters. The molecule has 0 aliphatic heterocycles. The second kappa shape index (κ2) is 9.54. The number of nitrogens with one attached hydrogen (secondary N) is 1. The van der Waals surface area contributed by atoms with Crippen LogP contribution < -0.4 is 5.32 Å². The van der Waals surface area contributed by atoms with Crippen molar-refractivity contribution in [1.29, 1.82) is 0 Å². The van der Waals surface area contributed by atoms with Crippen molar-refractivity contribution in [2.75, 3.05) is 18.2 Å². The number of hydrogen-bond donors (Lipinski definition) is 1. The Bertz CT molecular complexity index is 1090. The molecule has 1 N–H and O–H groups in total. The number of carbonyl (C=O) groups is 2. The molecule has 3 aromatic rings. The van der Waals surface area contributed by atoms with Gasteiger partial charge in [-0.05, 0) is 49.1 Å². The van der Waals surface area contributed by atoms with Crippen LogP contribution in [0.25, 0.3) is 10.7 Å². The SMILES string of the molecule is CCn1c(SCC(=O)Nc2sc3c(c2C(=O)OC)CCC(C)C3)nnc1-c1cccs1. The van der Waals surface area contributed by atoms with E-state index in [1.165, 1.54) is 35.1 Å². The maximum atomic E-state index is 12.7. The lowest BCUT2D eigenvalue weighted by Gasteiger charge is -2.18. The zero-order chi connectivity index (χ0) is 22.0. The Morgan fingerprint density at radius 2 is 2.23 bits per heavy atom. The van der Waals surface area contributed by atoms with Gasteiger partial charge in [-0.25, -0.2) is 4.79 Å². The van der Waals surface area contributed by atoms with Crippen molar-refractivity contribution in [3.8, 4) is 10.7 Å². The lowest BCUT2D eigenvalue weighted by Crippen LogP contribution is -2.17. The predicted molar refractivity (Wildman–Crippen MR) is 125 cm³/mol. The summed E-state index contributed by atoms with van der Waals surface area (Å²) in [5.74, 6) is 1.01. The van der Waals surface area contributed by atoms with Crippen LogP contribution in [0.2, 0.25) is 0 Å². The second-order valence-electron chi connectivity index (χ2n) is 7.41. The molecule has 1 aliphatic rings. The number of anilines is 1. The molecule has 0 bridgehead atoms. The van der Waals surface area contributed by atoms with Crippen LogP contribution in [0.3, 0.4) is 0 Å². The Balaban J connectivity index is 1.48. The standard InChI is InChI=1S/C21H24N4O3S3/c1-4-25-18(14-6-5-9-29-14)23-24-21(25)30-11-16(26)22-19-17(20(27)28-3)13-8-7-12(2)10-15(13)31-19/h5-6,9,12H,4,7-8,10-11H2,1-3H3,(H,22,26). The van der Waals surface area contributed by atoms with Gasteiger partial charge in [-0.1, -0.05) is 24.8 Å². The van der Waals surface area contributed by atoms with Crippen molar-refractivity contribution >= 4 is 51.3 Å². The van der Waals surface area contributed by atoms with Crippen LogP contribution in [0.1, 0.15) is 41.1 Å². The molecule has 0 aromatic carbocycles. The first-order chi connectivity index (χ1) is 15.0. The Morgan fingerprint density at radius 3 is 2.94 bits per heavy atom. The maximum absolute atomic E-state index is 12.7. The molecule has 3 aromatic heterocycles. The number of thiophene rings is 2. The maximum Gasteiger partial charge on any atom is 0.341 e. The minimum atomic E-state index is -0.388. The van der Waals surface area contributed by atoms with Gasteiger partial charge in [0.15, 0.2) is 11.0 Å². The number of esters is 1. The van der Waals surface area contributed by atoms with Crippen LogP contribution in [0.4, 0.5) is 5.00 Å². The fourth-order valence-corrected chi connectivity index (χ4v) is 6.65. The number of rotatable bonds is 7. The van der Waals surface area contributed by atoms with Gasteiger partial charge in [0.25, 0.3) is 0 Å². The molecule has 1 aliphatic carbocycles. The molecular formula is C21H24N4O3S3. The molecule has 4 rings (SSSR count). The summed E-state index contributed by atoms with van der Waals surface area (Å²) in [6.07, 6.45) is 2.81. The van der Waals surface area contributed by atoms with Crippen molar-refractivity contribution < 1.29 is 14.3 Å². The summed E-state index contributed by atoms with van der Waals surface area (Å²) in [7, 11) is 1.38. The van der Waals surface area contributed by atoms with Gasteiger partial charge in [0, 0.05) is 11.4 Å². The largest absolute Gasteiger partial charge is 0.465 e. The van der Waals surface area contributed by atoms with Gasteiger partial charge >= 0.3 is 5.97 Å².